The zero-order valence-electron chi connectivity index (χ0n) is 7.02. The van der Waals surface area contributed by atoms with Gasteiger partial charge in [0.05, 0.1) is 20.3 Å². The van der Waals surface area contributed by atoms with Crippen molar-refractivity contribution in [1.82, 2.24) is 0 Å². The Morgan fingerprint density at radius 1 is 0.412 bits per heavy atom. The van der Waals surface area contributed by atoms with Crippen LogP contribution in [0.1, 0.15) is 0 Å². The van der Waals surface area contributed by atoms with Crippen molar-refractivity contribution in [2.24, 2.45) is 0 Å². The molecule has 0 N–H and O–H groups in total. The molecule has 0 aromatic rings. The first-order chi connectivity index (χ1) is 6.93. The van der Waals surface area contributed by atoms with E-state index < -0.39 is 20.3 Å². The summed E-state index contributed by atoms with van der Waals surface area (Å²) in [7, 11) is 0. The van der Waals surface area contributed by atoms with Gasteiger partial charge in [0.15, 0.2) is 0 Å². The first-order valence-corrected chi connectivity index (χ1v) is 2.19. The molecule has 0 heterocycles. The molecule has 0 amide bonds. The summed E-state index contributed by atoms with van der Waals surface area (Å²) in [5.74, 6) is 0. The monoisotopic (exact) mass is 441 g/mol. The first kappa shape index (κ1) is 29.3. The van der Waals surface area contributed by atoms with Crippen molar-refractivity contribution in [2.75, 3.05) is 0 Å². The van der Waals surface area contributed by atoms with Crippen molar-refractivity contribution < 1.29 is 40.5 Å². The molecule has 105 valence electrons. The van der Waals surface area contributed by atoms with E-state index in [1.807, 2.05) is 0 Å². The van der Waals surface area contributed by atoms with Gasteiger partial charge in [-0.2, -0.15) is 0 Å². The van der Waals surface area contributed by atoms with E-state index in [2.05, 4.69) is 0 Å². The van der Waals surface area contributed by atoms with Gasteiger partial charge in [0, 0.05) is 20.1 Å². The van der Waals surface area contributed by atoms with E-state index in [0.717, 1.165) is 0 Å². The Kier molecular flexibility index (Phi) is 40.2. The van der Waals surface area contributed by atoms with Crippen molar-refractivity contribution in [1.29, 1.82) is 0 Å². The molecular formula is IrN4O12-4. The van der Waals surface area contributed by atoms with Gasteiger partial charge >= 0.3 is 0 Å². The summed E-state index contributed by atoms with van der Waals surface area (Å²) in [6.45, 7) is 0. The molecule has 0 unspecified atom stereocenters. The van der Waals surface area contributed by atoms with Gasteiger partial charge in [-0.3, -0.25) is 0 Å². The molecule has 0 aliphatic heterocycles. The number of rotatable bonds is 0. The molecule has 16 nitrogen and oxygen atoms in total. The summed E-state index contributed by atoms with van der Waals surface area (Å²) in [6, 6.07) is 0. The van der Waals surface area contributed by atoms with Crippen LogP contribution in [0.25, 0.3) is 0 Å². The minimum absolute atomic E-state index is 0. The van der Waals surface area contributed by atoms with Gasteiger partial charge in [-0.1, -0.05) is 0 Å². The summed E-state index contributed by atoms with van der Waals surface area (Å²) >= 11 is 0. The van der Waals surface area contributed by atoms with Gasteiger partial charge in [-0.05, 0) is 0 Å². The summed E-state index contributed by atoms with van der Waals surface area (Å²) in [5, 5.41) is 59.0. The predicted molar refractivity (Wildman–Crippen MR) is 41.4 cm³/mol. The number of hydrogen-bond donors (Lipinski definition) is 0. The summed E-state index contributed by atoms with van der Waals surface area (Å²) < 4.78 is 0. The van der Waals surface area contributed by atoms with Crippen LogP contribution in [0.15, 0.2) is 0 Å². The molecule has 0 aliphatic carbocycles. The fourth-order valence-corrected chi connectivity index (χ4v) is 0. The molecule has 0 aromatic carbocycles. The van der Waals surface area contributed by atoms with Crippen molar-refractivity contribution in [3.05, 3.63) is 61.3 Å². The minimum Gasteiger partial charge on any atom is -0.356 e. The van der Waals surface area contributed by atoms with E-state index in [0.29, 0.717) is 0 Å². The second-order valence-electron chi connectivity index (χ2n) is 0.894. The number of hydrogen-bond acceptors (Lipinski definition) is 12. The molecule has 0 spiro atoms. The molecule has 0 fully saturated rings. The fraction of sp³-hybridized carbons (Fsp3) is 0. The molecule has 1 radical (unpaired) electrons. The zero-order valence-corrected chi connectivity index (χ0v) is 9.42. The van der Waals surface area contributed by atoms with Crippen molar-refractivity contribution >= 4 is 0 Å². The average Bonchev–Trinajstić information content (AvgIpc) is 1.76. The van der Waals surface area contributed by atoms with Crippen molar-refractivity contribution in [2.45, 2.75) is 0 Å². The van der Waals surface area contributed by atoms with E-state index in [9.17, 15) is 0 Å². The van der Waals surface area contributed by atoms with Gasteiger partial charge < -0.3 is 61.3 Å². The van der Waals surface area contributed by atoms with Crippen LogP contribution in [0.4, 0.5) is 0 Å². The van der Waals surface area contributed by atoms with E-state index in [1.165, 1.54) is 0 Å². The third-order valence-electron chi connectivity index (χ3n) is 0. The Hall–Kier alpha value is -2.55. The molecule has 17 heteroatoms. The average molecular weight is 440 g/mol. The fourth-order valence-electron chi connectivity index (χ4n) is 0. The molecule has 0 saturated carbocycles. The summed E-state index contributed by atoms with van der Waals surface area (Å²) in [4.78, 5) is 33.0. The Morgan fingerprint density at radius 2 is 0.412 bits per heavy atom. The molecular weight excluding hydrogens is 440 g/mol. The maximum atomic E-state index is 8.25. The van der Waals surface area contributed by atoms with Gasteiger partial charge in [0.25, 0.3) is 0 Å². The van der Waals surface area contributed by atoms with E-state index >= 15 is 0 Å². The quantitative estimate of drug-likeness (QED) is 0.325. The molecule has 0 atom stereocenters. The molecule has 0 aliphatic rings. The second kappa shape index (κ2) is 23.3. The smallest absolute Gasteiger partial charge is 0.0689 e. The van der Waals surface area contributed by atoms with Gasteiger partial charge in [0.1, 0.15) is 0 Å². The first-order valence-electron chi connectivity index (χ1n) is 2.19. The predicted octanol–water partition coefficient (Wildman–Crippen LogP) is -0.959. The molecule has 17 heavy (non-hydrogen) atoms. The normalized spacial score (nSPS) is 5.65. The molecule has 0 aromatic heterocycles. The van der Waals surface area contributed by atoms with Crippen LogP contribution in [0.5, 0.6) is 0 Å². The van der Waals surface area contributed by atoms with Gasteiger partial charge in [-0.15, -0.1) is 0 Å². The third-order valence-corrected chi connectivity index (χ3v) is 0. The summed E-state index contributed by atoms with van der Waals surface area (Å²) in [5.41, 5.74) is 0. The maximum absolute atomic E-state index is 8.25. The number of nitrogens with zero attached hydrogens (tertiary/aromatic N) is 4. The third kappa shape index (κ3) is 271. The SMILES string of the molecule is O=[N+]([O-])[O-].O=[N+]([O-])[O-].O=[N+]([O-])[O-].O=[N+]([O-])[O-].[Ir]. The van der Waals surface area contributed by atoms with E-state index in [-0.39, 0.29) is 20.1 Å². The van der Waals surface area contributed by atoms with Crippen LogP contribution in [-0.2, 0) is 20.1 Å². The summed E-state index contributed by atoms with van der Waals surface area (Å²) in [6.07, 6.45) is 0. The van der Waals surface area contributed by atoms with Crippen LogP contribution >= 0.6 is 0 Å². The Morgan fingerprint density at radius 3 is 0.412 bits per heavy atom. The zero-order chi connectivity index (χ0) is 14.3. The Labute approximate surface area is 102 Å². The minimum atomic E-state index is -1.75. The van der Waals surface area contributed by atoms with Crippen molar-refractivity contribution in [3.8, 4) is 0 Å². The topological polar surface area (TPSA) is 265 Å². The largest absolute Gasteiger partial charge is 0.356 e. The Bertz CT molecular complexity index is 159. The van der Waals surface area contributed by atoms with Crippen LogP contribution in [0, 0.1) is 61.3 Å². The Balaban J connectivity index is -0.0000000369. The second-order valence-corrected chi connectivity index (χ2v) is 0.894. The van der Waals surface area contributed by atoms with E-state index in [1.54, 1.807) is 0 Å². The maximum Gasteiger partial charge on any atom is 0.0689 e. The molecule has 0 saturated heterocycles. The standard InChI is InChI=1S/Ir.4NO3/c;4*2-1(3)4/q;4*-1. The molecule has 0 rings (SSSR count). The van der Waals surface area contributed by atoms with Crippen LogP contribution in [0.3, 0.4) is 0 Å². The molecule has 0 bridgehead atoms. The van der Waals surface area contributed by atoms with E-state index in [4.69, 9.17) is 61.3 Å². The van der Waals surface area contributed by atoms with Crippen LogP contribution < -0.4 is 0 Å². The van der Waals surface area contributed by atoms with Crippen molar-refractivity contribution in [3.63, 3.8) is 0 Å². The van der Waals surface area contributed by atoms with Crippen LogP contribution in [0.2, 0.25) is 0 Å². The van der Waals surface area contributed by atoms with Gasteiger partial charge in [-0.25, -0.2) is 0 Å². The van der Waals surface area contributed by atoms with Gasteiger partial charge in [0.2, 0.25) is 0 Å². The van der Waals surface area contributed by atoms with Crippen LogP contribution in [-0.4, -0.2) is 20.3 Å².